The summed E-state index contributed by atoms with van der Waals surface area (Å²) in [6, 6.07) is 10.6. The van der Waals surface area contributed by atoms with Crippen LogP contribution in [0.15, 0.2) is 24.3 Å². The molecule has 1 fully saturated rings. The van der Waals surface area contributed by atoms with Crippen molar-refractivity contribution in [2.24, 2.45) is 11.1 Å². The molecule has 1 unspecified atom stereocenters. The van der Waals surface area contributed by atoms with Crippen LogP contribution in [0.2, 0.25) is 0 Å². The summed E-state index contributed by atoms with van der Waals surface area (Å²) in [6.07, 6.45) is 4.70. The predicted octanol–water partition coefficient (Wildman–Crippen LogP) is 3.04. The van der Waals surface area contributed by atoms with E-state index in [0.717, 1.165) is 31.4 Å². The van der Waals surface area contributed by atoms with E-state index in [9.17, 15) is 0 Å². The molecule has 102 valence electrons. The fraction of sp³-hybridized carbons (Fsp3) is 0.562. The van der Waals surface area contributed by atoms with Crippen LogP contribution in [0.3, 0.4) is 0 Å². The zero-order chi connectivity index (χ0) is 13.7. The summed E-state index contributed by atoms with van der Waals surface area (Å²) in [6.45, 7) is 2.76. The molecule has 1 aliphatic carbocycles. The normalized spacial score (nSPS) is 17.5. The Labute approximate surface area is 115 Å². The third-order valence-corrected chi connectivity index (χ3v) is 3.88. The van der Waals surface area contributed by atoms with Gasteiger partial charge < -0.3 is 10.5 Å². The molecule has 1 aromatic rings. The molecular weight excluding hydrogens is 236 g/mol. The molecule has 0 radical (unpaired) electrons. The lowest BCUT2D eigenvalue weighted by atomic mass is 10.0. The Balaban J connectivity index is 1.90. The van der Waals surface area contributed by atoms with Gasteiger partial charge in [-0.05, 0) is 43.4 Å². The van der Waals surface area contributed by atoms with Crippen molar-refractivity contribution < 1.29 is 4.74 Å². The van der Waals surface area contributed by atoms with Gasteiger partial charge in [0.15, 0.2) is 0 Å². The zero-order valence-corrected chi connectivity index (χ0v) is 11.6. The number of hydrogen-bond acceptors (Lipinski definition) is 3. The highest BCUT2D eigenvalue weighted by Crippen LogP contribution is 2.48. The van der Waals surface area contributed by atoms with Crippen molar-refractivity contribution in [1.29, 1.82) is 5.26 Å². The Bertz CT molecular complexity index is 460. The Hall–Kier alpha value is -1.53. The molecule has 1 aliphatic rings. The zero-order valence-electron chi connectivity index (χ0n) is 11.6. The van der Waals surface area contributed by atoms with Crippen LogP contribution in [-0.4, -0.2) is 12.6 Å². The molecule has 0 spiro atoms. The first-order valence-corrected chi connectivity index (χ1v) is 7.02. The number of benzene rings is 1. The molecule has 3 heteroatoms. The van der Waals surface area contributed by atoms with Crippen LogP contribution >= 0.6 is 0 Å². The summed E-state index contributed by atoms with van der Waals surface area (Å²) < 4.78 is 5.85. The summed E-state index contributed by atoms with van der Waals surface area (Å²) in [5.41, 5.74) is 7.32. The van der Waals surface area contributed by atoms with Crippen molar-refractivity contribution in [3.05, 3.63) is 29.8 Å². The van der Waals surface area contributed by atoms with Gasteiger partial charge in [0.25, 0.3) is 0 Å². The van der Waals surface area contributed by atoms with Gasteiger partial charge >= 0.3 is 0 Å². The van der Waals surface area contributed by atoms with Gasteiger partial charge in [0.1, 0.15) is 5.75 Å². The molecule has 1 saturated carbocycles. The summed E-state index contributed by atoms with van der Waals surface area (Å²) in [5, 5.41) is 8.79. The van der Waals surface area contributed by atoms with Crippen LogP contribution in [0, 0.1) is 16.7 Å². The molecule has 1 aromatic carbocycles. The lowest BCUT2D eigenvalue weighted by Gasteiger charge is -2.14. The Kier molecular flexibility index (Phi) is 4.44. The first-order valence-electron chi connectivity index (χ1n) is 7.02. The molecule has 0 amide bonds. The number of nitriles is 1. The van der Waals surface area contributed by atoms with Crippen molar-refractivity contribution in [2.45, 2.75) is 45.1 Å². The van der Waals surface area contributed by atoms with Crippen molar-refractivity contribution in [2.75, 3.05) is 6.61 Å². The molecule has 0 aromatic heterocycles. The fourth-order valence-electron chi connectivity index (χ4n) is 2.16. The molecule has 2 rings (SSSR count). The van der Waals surface area contributed by atoms with E-state index < -0.39 is 0 Å². The maximum absolute atomic E-state index is 8.79. The van der Waals surface area contributed by atoms with Gasteiger partial charge in [0, 0.05) is 17.9 Å². The van der Waals surface area contributed by atoms with E-state index in [2.05, 4.69) is 25.1 Å². The third kappa shape index (κ3) is 3.97. The maximum atomic E-state index is 8.79. The SMILES string of the molecule is CCC(N)Cc1cccc(OCC2(CC#N)CC2)c1. The summed E-state index contributed by atoms with van der Waals surface area (Å²) in [7, 11) is 0. The highest BCUT2D eigenvalue weighted by Gasteiger charge is 2.43. The van der Waals surface area contributed by atoms with E-state index in [1.165, 1.54) is 5.56 Å². The van der Waals surface area contributed by atoms with E-state index in [1.54, 1.807) is 0 Å². The summed E-state index contributed by atoms with van der Waals surface area (Å²) >= 11 is 0. The van der Waals surface area contributed by atoms with Crippen LogP contribution in [0.4, 0.5) is 0 Å². The van der Waals surface area contributed by atoms with Crippen LogP contribution < -0.4 is 10.5 Å². The van der Waals surface area contributed by atoms with Gasteiger partial charge in [0.05, 0.1) is 12.7 Å². The van der Waals surface area contributed by atoms with Gasteiger partial charge in [-0.15, -0.1) is 0 Å². The third-order valence-electron chi connectivity index (χ3n) is 3.88. The van der Waals surface area contributed by atoms with Gasteiger partial charge in [-0.1, -0.05) is 19.1 Å². The Morgan fingerprint density at radius 1 is 1.47 bits per heavy atom. The second-order valence-corrected chi connectivity index (χ2v) is 5.64. The number of nitrogens with zero attached hydrogens (tertiary/aromatic N) is 1. The van der Waals surface area contributed by atoms with Crippen molar-refractivity contribution in [1.82, 2.24) is 0 Å². The van der Waals surface area contributed by atoms with Crippen LogP contribution in [0.5, 0.6) is 5.75 Å². The smallest absolute Gasteiger partial charge is 0.119 e. The molecule has 0 aliphatic heterocycles. The van der Waals surface area contributed by atoms with Crippen LogP contribution in [0.25, 0.3) is 0 Å². The fourth-order valence-corrected chi connectivity index (χ4v) is 2.16. The van der Waals surface area contributed by atoms with E-state index in [4.69, 9.17) is 15.7 Å². The lowest BCUT2D eigenvalue weighted by molar-refractivity contribution is 0.236. The molecule has 0 heterocycles. The second kappa shape index (κ2) is 6.08. The minimum absolute atomic E-state index is 0.130. The molecular formula is C16H22N2O. The molecule has 2 N–H and O–H groups in total. The van der Waals surface area contributed by atoms with Crippen molar-refractivity contribution >= 4 is 0 Å². The van der Waals surface area contributed by atoms with Crippen LogP contribution in [-0.2, 0) is 6.42 Å². The monoisotopic (exact) mass is 258 g/mol. The van der Waals surface area contributed by atoms with Gasteiger partial charge in [-0.3, -0.25) is 0 Å². The second-order valence-electron chi connectivity index (χ2n) is 5.64. The number of hydrogen-bond donors (Lipinski definition) is 1. The average Bonchev–Trinajstić information content (AvgIpc) is 3.17. The number of rotatable bonds is 7. The minimum atomic E-state index is 0.130. The summed E-state index contributed by atoms with van der Waals surface area (Å²) in [5.74, 6) is 0.894. The van der Waals surface area contributed by atoms with Gasteiger partial charge in [0.2, 0.25) is 0 Å². The van der Waals surface area contributed by atoms with Gasteiger partial charge in [-0.2, -0.15) is 5.26 Å². The standard InChI is InChI=1S/C16H22N2O/c1-2-14(18)10-13-4-3-5-15(11-13)19-12-16(6-7-16)8-9-17/h3-5,11,14H,2,6-8,10,12,18H2,1H3. The average molecular weight is 258 g/mol. The highest BCUT2D eigenvalue weighted by molar-refractivity contribution is 5.29. The topological polar surface area (TPSA) is 59.0 Å². The minimum Gasteiger partial charge on any atom is -0.493 e. The van der Waals surface area contributed by atoms with E-state index in [0.29, 0.717) is 13.0 Å². The quantitative estimate of drug-likeness (QED) is 0.817. The van der Waals surface area contributed by atoms with Crippen molar-refractivity contribution in [3.8, 4) is 11.8 Å². The first-order chi connectivity index (χ1) is 9.17. The van der Waals surface area contributed by atoms with E-state index in [-0.39, 0.29) is 11.5 Å². The predicted molar refractivity (Wildman–Crippen MR) is 75.8 cm³/mol. The molecule has 0 bridgehead atoms. The Morgan fingerprint density at radius 3 is 2.89 bits per heavy atom. The molecule has 19 heavy (non-hydrogen) atoms. The molecule has 1 atom stereocenters. The largest absolute Gasteiger partial charge is 0.493 e. The number of nitrogens with two attached hydrogens (primary N) is 1. The maximum Gasteiger partial charge on any atom is 0.119 e. The number of ether oxygens (including phenoxy) is 1. The van der Waals surface area contributed by atoms with E-state index >= 15 is 0 Å². The lowest BCUT2D eigenvalue weighted by Crippen LogP contribution is -2.21. The van der Waals surface area contributed by atoms with Crippen LogP contribution in [0.1, 0.15) is 38.2 Å². The first kappa shape index (κ1) is 13.9. The highest BCUT2D eigenvalue weighted by atomic mass is 16.5. The van der Waals surface area contributed by atoms with E-state index in [1.807, 2.05) is 12.1 Å². The molecule has 3 nitrogen and oxygen atoms in total. The van der Waals surface area contributed by atoms with Gasteiger partial charge in [-0.25, -0.2) is 0 Å². The Morgan fingerprint density at radius 2 is 2.26 bits per heavy atom. The summed E-state index contributed by atoms with van der Waals surface area (Å²) in [4.78, 5) is 0. The molecule has 0 saturated heterocycles. The van der Waals surface area contributed by atoms with Crippen molar-refractivity contribution in [3.63, 3.8) is 0 Å².